The molecular formula is C22H39N3O2. The first kappa shape index (κ1) is 23.3. The number of aryl methyl sites for hydroxylation is 1. The molecule has 0 aliphatic rings. The van der Waals surface area contributed by atoms with Crippen LogP contribution in [0.1, 0.15) is 71.9 Å². The summed E-state index contributed by atoms with van der Waals surface area (Å²) in [7, 11) is 2.00. The lowest BCUT2D eigenvalue weighted by molar-refractivity contribution is -0.141. The van der Waals surface area contributed by atoms with Gasteiger partial charge in [0.15, 0.2) is 0 Å². The molecule has 0 aromatic carbocycles. The molecule has 27 heavy (non-hydrogen) atoms. The summed E-state index contributed by atoms with van der Waals surface area (Å²) in [4.78, 5) is 29.4. The highest BCUT2D eigenvalue weighted by atomic mass is 16.2. The van der Waals surface area contributed by atoms with Crippen LogP contribution < -0.4 is 0 Å². The average Bonchev–Trinajstić information content (AvgIpc) is 3.02. The summed E-state index contributed by atoms with van der Waals surface area (Å²) in [6, 6.07) is 4.05. The molecule has 1 heterocycles. The Morgan fingerprint density at radius 3 is 2.30 bits per heavy atom. The SMILES string of the molecule is CCCCCC(=O)N(CC(=O)N(CCCC)Cc1cccn1C)CC(C)C. The summed E-state index contributed by atoms with van der Waals surface area (Å²) in [5.41, 5.74) is 1.11. The van der Waals surface area contributed by atoms with Crippen molar-refractivity contribution in [2.24, 2.45) is 13.0 Å². The van der Waals surface area contributed by atoms with Crippen LogP contribution in [-0.4, -0.2) is 45.8 Å². The van der Waals surface area contributed by atoms with Gasteiger partial charge in [-0.05, 0) is 30.9 Å². The molecule has 0 radical (unpaired) electrons. The van der Waals surface area contributed by atoms with Crippen LogP contribution in [0.5, 0.6) is 0 Å². The van der Waals surface area contributed by atoms with Gasteiger partial charge in [-0.2, -0.15) is 0 Å². The standard InChI is InChI=1S/C22H39N3O2/c1-6-8-10-13-21(26)25(16-19(3)4)18-22(27)24(15-9-7-2)17-20-12-11-14-23(20)5/h11-12,14,19H,6-10,13,15-18H2,1-5H3. The third-order valence-corrected chi connectivity index (χ3v) is 4.80. The van der Waals surface area contributed by atoms with Crippen molar-refractivity contribution in [1.82, 2.24) is 14.4 Å². The van der Waals surface area contributed by atoms with Crippen LogP contribution in [0.2, 0.25) is 0 Å². The molecule has 0 saturated heterocycles. The first-order valence-electron chi connectivity index (χ1n) is 10.5. The number of amides is 2. The van der Waals surface area contributed by atoms with Crippen molar-refractivity contribution in [3.8, 4) is 0 Å². The van der Waals surface area contributed by atoms with E-state index in [2.05, 4.69) is 27.7 Å². The predicted octanol–water partition coefficient (Wildman–Crippen LogP) is 4.22. The zero-order valence-corrected chi connectivity index (χ0v) is 18.0. The van der Waals surface area contributed by atoms with Gasteiger partial charge < -0.3 is 14.4 Å². The second-order valence-electron chi connectivity index (χ2n) is 7.90. The topological polar surface area (TPSA) is 45.6 Å². The summed E-state index contributed by atoms with van der Waals surface area (Å²) in [5, 5.41) is 0. The van der Waals surface area contributed by atoms with Crippen molar-refractivity contribution in [3.05, 3.63) is 24.0 Å². The van der Waals surface area contributed by atoms with E-state index in [0.717, 1.165) is 44.3 Å². The van der Waals surface area contributed by atoms with E-state index in [-0.39, 0.29) is 18.4 Å². The minimum Gasteiger partial charge on any atom is -0.353 e. The van der Waals surface area contributed by atoms with Crippen molar-refractivity contribution < 1.29 is 9.59 Å². The maximum atomic E-state index is 13.0. The highest BCUT2D eigenvalue weighted by Crippen LogP contribution is 2.11. The zero-order chi connectivity index (χ0) is 20.2. The van der Waals surface area contributed by atoms with Crippen molar-refractivity contribution in [2.75, 3.05) is 19.6 Å². The first-order valence-corrected chi connectivity index (χ1v) is 10.5. The lowest BCUT2D eigenvalue weighted by Crippen LogP contribution is -2.44. The molecule has 1 aromatic heterocycles. The Bertz CT molecular complexity index is 566. The van der Waals surface area contributed by atoms with Gasteiger partial charge in [0.25, 0.3) is 0 Å². The van der Waals surface area contributed by atoms with E-state index in [1.54, 1.807) is 4.90 Å². The van der Waals surface area contributed by atoms with E-state index in [4.69, 9.17) is 0 Å². The van der Waals surface area contributed by atoms with Crippen LogP contribution in [0.25, 0.3) is 0 Å². The molecule has 0 aliphatic heterocycles. The van der Waals surface area contributed by atoms with E-state index in [1.165, 1.54) is 0 Å². The third-order valence-electron chi connectivity index (χ3n) is 4.80. The third kappa shape index (κ3) is 8.63. The van der Waals surface area contributed by atoms with Gasteiger partial charge in [0.1, 0.15) is 0 Å². The van der Waals surface area contributed by atoms with Crippen LogP contribution >= 0.6 is 0 Å². The average molecular weight is 378 g/mol. The molecular weight excluding hydrogens is 338 g/mol. The highest BCUT2D eigenvalue weighted by molar-refractivity contribution is 5.84. The van der Waals surface area contributed by atoms with Gasteiger partial charge in [-0.3, -0.25) is 9.59 Å². The molecule has 1 aromatic rings. The molecule has 1 rings (SSSR count). The molecule has 0 aliphatic carbocycles. The minimum atomic E-state index is 0.0501. The summed E-state index contributed by atoms with van der Waals surface area (Å²) < 4.78 is 2.05. The fourth-order valence-electron chi connectivity index (χ4n) is 3.14. The van der Waals surface area contributed by atoms with E-state index in [0.29, 0.717) is 25.4 Å². The molecule has 5 nitrogen and oxygen atoms in total. The Kier molecular flexibility index (Phi) is 10.8. The summed E-state index contributed by atoms with van der Waals surface area (Å²) >= 11 is 0. The van der Waals surface area contributed by atoms with E-state index in [9.17, 15) is 9.59 Å². The highest BCUT2D eigenvalue weighted by Gasteiger charge is 2.22. The molecule has 2 amide bonds. The van der Waals surface area contributed by atoms with Gasteiger partial charge in [0.05, 0.1) is 13.1 Å². The number of nitrogens with zero attached hydrogens (tertiary/aromatic N) is 3. The zero-order valence-electron chi connectivity index (χ0n) is 18.0. The fourth-order valence-corrected chi connectivity index (χ4v) is 3.14. The molecule has 0 fully saturated rings. The quantitative estimate of drug-likeness (QED) is 0.483. The van der Waals surface area contributed by atoms with Gasteiger partial charge in [-0.1, -0.05) is 47.0 Å². The summed E-state index contributed by atoms with van der Waals surface area (Å²) in [6.07, 6.45) is 7.62. The number of carbonyl (C=O) groups excluding carboxylic acids is 2. The molecule has 0 atom stereocenters. The number of hydrogen-bond acceptors (Lipinski definition) is 2. The van der Waals surface area contributed by atoms with E-state index in [1.807, 2.05) is 34.8 Å². The molecule has 5 heteroatoms. The minimum absolute atomic E-state index is 0.0501. The van der Waals surface area contributed by atoms with Gasteiger partial charge in [-0.25, -0.2) is 0 Å². The van der Waals surface area contributed by atoms with Crippen LogP contribution in [0.4, 0.5) is 0 Å². The van der Waals surface area contributed by atoms with Crippen molar-refractivity contribution in [3.63, 3.8) is 0 Å². The molecule has 154 valence electrons. The van der Waals surface area contributed by atoms with Crippen molar-refractivity contribution in [2.45, 2.75) is 72.8 Å². The van der Waals surface area contributed by atoms with Crippen molar-refractivity contribution >= 4 is 11.8 Å². The second kappa shape index (κ2) is 12.6. The first-order chi connectivity index (χ1) is 12.9. The van der Waals surface area contributed by atoms with Crippen molar-refractivity contribution in [1.29, 1.82) is 0 Å². The van der Waals surface area contributed by atoms with Gasteiger partial charge >= 0.3 is 0 Å². The fraction of sp³-hybridized carbons (Fsp3) is 0.727. The number of aromatic nitrogens is 1. The number of unbranched alkanes of at least 4 members (excludes halogenated alkanes) is 3. The second-order valence-corrected chi connectivity index (χ2v) is 7.90. The van der Waals surface area contributed by atoms with Gasteiger partial charge in [-0.15, -0.1) is 0 Å². The van der Waals surface area contributed by atoms with Crippen LogP contribution in [0, 0.1) is 5.92 Å². The Labute approximate surface area is 165 Å². The Morgan fingerprint density at radius 2 is 1.74 bits per heavy atom. The van der Waals surface area contributed by atoms with Crippen LogP contribution in [-0.2, 0) is 23.2 Å². The molecule has 0 saturated carbocycles. The molecule has 0 unspecified atom stereocenters. The Morgan fingerprint density at radius 1 is 1.04 bits per heavy atom. The number of rotatable bonds is 13. The molecule has 0 spiro atoms. The molecule has 0 bridgehead atoms. The van der Waals surface area contributed by atoms with Crippen LogP contribution in [0.15, 0.2) is 18.3 Å². The summed E-state index contributed by atoms with van der Waals surface area (Å²) in [5.74, 6) is 0.513. The molecule has 0 N–H and O–H groups in total. The number of hydrogen-bond donors (Lipinski definition) is 0. The van der Waals surface area contributed by atoms with Gasteiger partial charge in [0, 0.05) is 38.4 Å². The largest absolute Gasteiger partial charge is 0.353 e. The monoisotopic (exact) mass is 377 g/mol. The lowest BCUT2D eigenvalue weighted by atomic mass is 10.1. The maximum absolute atomic E-state index is 13.0. The Balaban J connectivity index is 2.79. The lowest BCUT2D eigenvalue weighted by Gasteiger charge is -2.29. The normalized spacial score (nSPS) is 11.0. The maximum Gasteiger partial charge on any atom is 0.242 e. The number of carbonyl (C=O) groups is 2. The van der Waals surface area contributed by atoms with E-state index >= 15 is 0 Å². The van der Waals surface area contributed by atoms with Crippen LogP contribution in [0.3, 0.4) is 0 Å². The summed E-state index contributed by atoms with van der Waals surface area (Å²) in [6.45, 7) is 10.6. The smallest absolute Gasteiger partial charge is 0.242 e. The van der Waals surface area contributed by atoms with E-state index < -0.39 is 0 Å². The predicted molar refractivity (Wildman–Crippen MR) is 111 cm³/mol. The Hall–Kier alpha value is -1.78. The van der Waals surface area contributed by atoms with Gasteiger partial charge in [0.2, 0.25) is 11.8 Å².